The first kappa shape index (κ1) is 14.1. The largest absolute Gasteiger partial charge is 0.481 e. The molecule has 0 atom stereocenters. The minimum absolute atomic E-state index is 0.00572. The average molecular weight is 319 g/mol. The molecular weight excluding hydrogens is 311 g/mol. The summed E-state index contributed by atoms with van der Waals surface area (Å²) in [7, 11) is 0. The van der Waals surface area contributed by atoms with Gasteiger partial charge in [0.1, 0.15) is 0 Å². The third kappa shape index (κ3) is 3.59. The zero-order chi connectivity index (χ0) is 13.8. The number of rotatable bonds is 5. The van der Waals surface area contributed by atoms with Gasteiger partial charge in [0.05, 0.1) is 27.2 Å². The normalized spacial score (nSPS) is 10.6. The summed E-state index contributed by atoms with van der Waals surface area (Å²) in [5.74, 6) is 0.0523. The maximum atomic E-state index is 10.5. The lowest BCUT2D eigenvalue weighted by atomic mass is 10.3. The zero-order valence-corrected chi connectivity index (χ0v) is 11.8. The van der Waals surface area contributed by atoms with Gasteiger partial charge in [0.2, 0.25) is 0 Å². The second kappa shape index (κ2) is 6.23. The molecule has 0 fully saturated rings. The van der Waals surface area contributed by atoms with E-state index >= 15 is 0 Å². The number of carboxylic acid groups (broad SMARTS) is 1. The van der Waals surface area contributed by atoms with Gasteiger partial charge in [0, 0.05) is 0 Å². The van der Waals surface area contributed by atoms with Crippen LogP contribution < -0.4 is 0 Å². The van der Waals surface area contributed by atoms with Gasteiger partial charge in [0.25, 0.3) is 0 Å². The summed E-state index contributed by atoms with van der Waals surface area (Å²) in [6.07, 6.45) is 0. The average Bonchev–Trinajstić information content (AvgIpc) is 2.80. The van der Waals surface area contributed by atoms with E-state index in [2.05, 4.69) is 15.5 Å². The molecular formula is C10H8Cl2N4O2S. The van der Waals surface area contributed by atoms with E-state index in [0.29, 0.717) is 27.3 Å². The first-order chi connectivity index (χ1) is 9.08. The fourth-order valence-electron chi connectivity index (χ4n) is 1.34. The van der Waals surface area contributed by atoms with Gasteiger partial charge in [-0.2, -0.15) is 4.68 Å². The molecule has 0 saturated heterocycles. The molecule has 0 unspecified atom stereocenters. The van der Waals surface area contributed by atoms with Gasteiger partial charge < -0.3 is 5.11 Å². The lowest BCUT2D eigenvalue weighted by Gasteiger charge is -2.05. The van der Waals surface area contributed by atoms with Crippen molar-refractivity contribution in [2.45, 2.75) is 5.75 Å². The molecule has 6 nitrogen and oxygen atoms in total. The van der Waals surface area contributed by atoms with Gasteiger partial charge in [-0.1, -0.05) is 23.2 Å². The van der Waals surface area contributed by atoms with Crippen molar-refractivity contribution in [3.8, 4) is 5.69 Å². The molecule has 19 heavy (non-hydrogen) atoms. The fourth-order valence-corrected chi connectivity index (χ4v) is 2.27. The van der Waals surface area contributed by atoms with Crippen molar-refractivity contribution >= 4 is 40.9 Å². The molecule has 1 heterocycles. The quantitative estimate of drug-likeness (QED) is 0.911. The first-order valence-electron chi connectivity index (χ1n) is 5.10. The minimum Gasteiger partial charge on any atom is -0.481 e. The summed E-state index contributed by atoms with van der Waals surface area (Å²) >= 11 is 13.0. The van der Waals surface area contributed by atoms with E-state index < -0.39 is 5.97 Å². The number of aromatic nitrogens is 4. The number of thioether (sulfide) groups is 1. The number of carbonyl (C=O) groups is 1. The van der Waals surface area contributed by atoms with E-state index in [1.54, 1.807) is 18.2 Å². The van der Waals surface area contributed by atoms with Crippen LogP contribution in [-0.2, 0) is 10.5 Å². The number of hydrogen-bond acceptors (Lipinski definition) is 5. The van der Waals surface area contributed by atoms with E-state index in [1.807, 2.05) is 0 Å². The number of aliphatic carboxylic acids is 1. The van der Waals surface area contributed by atoms with Crippen molar-refractivity contribution in [1.29, 1.82) is 0 Å². The molecule has 1 aromatic carbocycles. The van der Waals surface area contributed by atoms with Gasteiger partial charge in [-0.05, 0) is 28.6 Å². The standard InChI is InChI=1S/C10H8Cl2N4O2S/c11-7-2-1-6(3-8(7)12)16-9(13-14-15-16)4-19-5-10(17)18/h1-3H,4-5H2,(H,17,18). The van der Waals surface area contributed by atoms with Crippen LogP contribution in [0.25, 0.3) is 5.69 Å². The number of carboxylic acids is 1. The predicted octanol–water partition coefficient (Wildman–Crippen LogP) is 2.29. The Bertz CT molecular complexity index is 605. The summed E-state index contributed by atoms with van der Waals surface area (Å²) in [4.78, 5) is 10.5. The third-order valence-electron chi connectivity index (χ3n) is 2.14. The summed E-state index contributed by atoms with van der Waals surface area (Å²) in [6.45, 7) is 0. The van der Waals surface area contributed by atoms with Gasteiger partial charge in [-0.15, -0.1) is 16.9 Å². The number of halogens is 2. The monoisotopic (exact) mass is 318 g/mol. The summed E-state index contributed by atoms with van der Waals surface area (Å²) in [6, 6.07) is 5.02. The maximum Gasteiger partial charge on any atom is 0.313 e. The predicted molar refractivity (Wildman–Crippen MR) is 73.0 cm³/mol. The lowest BCUT2D eigenvalue weighted by molar-refractivity contribution is -0.133. The number of benzene rings is 1. The molecule has 0 spiro atoms. The Morgan fingerprint density at radius 1 is 1.37 bits per heavy atom. The van der Waals surface area contributed by atoms with Crippen molar-refractivity contribution in [2.24, 2.45) is 0 Å². The van der Waals surface area contributed by atoms with Crippen molar-refractivity contribution in [1.82, 2.24) is 20.2 Å². The highest BCUT2D eigenvalue weighted by Crippen LogP contribution is 2.24. The van der Waals surface area contributed by atoms with Crippen molar-refractivity contribution in [2.75, 3.05) is 5.75 Å². The van der Waals surface area contributed by atoms with Crippen LogP contribution in [0.3, 0.4) is 0 Å². The van der Waals surface area contributed by atoms with E-state index in [9.17, 15) is 4.79 Å². The van der Waals surface area contributed by atoms with Gasteiger partial charge in [-0.3, -0.25) is 4.79 Å². The van der Waals surface area contributed by atoms with Crippen LogP contribution >= 0.6 is 35.0 Å². The Morgan fingerprint density at radius 2 is 2.16 bits per heavy atom. The Balaban J connectivity index is 2.18. The summed E-state index contributed by atoms with van der Waals surface area (Å²) in [5, 5.41) is 20.7. The van der Waals surface area contributed by atoms with E-state index in [-0.39, 0.29) is 5.75 Å². The summed E-state index contributed by atoms with van der Waals surface area (Å²) < 4.78 is 1.50. The Labute approximate surface area is 122 Å². The van der Waals surface area contributed by atoms with Crippen LogP contribution in [0.2, 0.25) is 10.0 Å². The molecule has 1 aromatic heterocycles. The molecule has 2 aromatic rings. The minimum atomic E-state index is -0.876. The fraction of sp³-hybridized carbons (Fsp3) is 0.200. The first-order valence-corrected chi connectivity index (χ1v) is 7.01. The molecule has 0 aliphatic rings. The van der Waals surface area contributed by atoms with Gasteiger partial charge in [0.15, 0.2) is 5.82 Å². The maximum absolute atomic E-state index is 10.5. The lowest BCUT2D eigenvalue weighted by Crippen LogP contribution is -2.04. The van der Waals surface area contributed by atoms with Gasteiger partial charge >= 0.3 is 5.97 Å². The Hall–Kier alpha value is -1.31. The number of tetrazole rings is 1. The highest BCUT2D eigenvalue weighted by atomic mass is 35.5. The molecule has 0 bridgehead atoms. The van der Waals surface area contributed by atoms with E-state index in [0.717, 1.165) is 0 Å². The van der Waals surface area contributed by atoms with Crippen LogP contribution in [0.1, 0.15) is 5.82 Å². The molecule has 9 heteroatoms. The highest BCUT2D eigenvalue weighted by molar-refractivity contribution is 7.99. The molecule has 0 radical (unpaired) electrons. The molecule has 0 aliphatic heterocycles. The Kier molecular flexibility index (Phi) is 4.62. The molecule has 0 amide bonds. The SMILES string of the molecule is O=C(O)CSCc1nnnn1-c1ccc(Cl)c(Cl)c1. The molecule has 2 rings (SSSR count). The topological polar surface area (TPSA) is 80.9 Å². The third-order valence-corrected chi connectivity index (χ3v) is 3.79. The second-order valence-electron chi connectivity index (χ2n) is 3.49. The van der Waals surface area contributed by atoms with Crippen LogP contribution in [0.5, 0.6) is 0 Å². The van der Waals surface area contributed by atoms with Crippen LogP contribution in [0.4, 0.5) is 0 Å². The summed E-state index contributed by atoms with van der Waals surface area (Å²) in [5.41, 5.74) is 0.672. The molecule has 0 saturated carbocycles. The Morgan fingerprint density at radius 3 is 2.84 bits per heavy atom. The van der Waals surface area contributed by atoms with Crippen molar-refractivity contribution in [3.05, 3.63) is 34.1 Å². The van der Waals surface area contributed by atoms with E-state index in [1.165, 1.54) is 16.4 Å². The molecule has 0 aliphatic carbocycles. The smallest absolute Gasteiger partial charge is 0.313 e. The van der Waals surface area contributed by atoms with Crippen molar-refractivity contribution in [3.63, 3.8) is 0 Å². The van der Waals surface area contributed by atoms with E-state index in [4.69, 9.17) is 28.3 Å². The molecule has 100 valence electrons. The second-order valence-corrected chi connectivity index (χ2v) is 5.29. The molecule has 1 N–H and O–H groups in total. The number of hydrogen-bond donors (Lipinski definition) is 1. The zero-order valence-electron chi connectivity index (χ0n) is 9.45. The van der Waals surface area contributed by atoms with Crippen LogP contribution in [0.15, 0.2) is 18.2 Å². The van der Waals surface area contributed by atoms with Crippen LogP contribution in [-0.4, -0.2) is 37.0 Å². The van der Waals surface area contributed by atoms with Gasteiger partial charge in [-0.25, -0.2) is 0 Å². The number of nitrogens with zero attached hydrogens (tertiary/aromatic N) is 4. The van der Waals surface area contributed by atoms with Crippen molar-refractivity contribution < 1.29 is 9.90 Å². The highest BCUT2D eigenvalue weighted by Gasteiger charge is 2.10. The van der Waals surface area contributed by atoms with Crippen LogP contribution in [0, 0.1) is 0 Å².